The van der Waals surface area contributed by atoms with Crippen molar-refractivity contribution in [1.82, 2.24) is 4.90 Å². The molecule has 0 radical (unpaired) electrons. The molecule has 0 bridgehead atoms. The van der Waals surface area contributed by atoms with E-state index < -0.39 is 0 Å². The molecule has 0 aliphatic rings. The number of hydrogen-bond donors (Lipinski definition) is 1. The maximum absolute atomic E-state index is 5.62. The maximum Gasteiger partial charge on any atom is 0.0234 e. The van der Waals surface area contributed by atoms with E-state index in [1.165, 1.54) is 16.7 Å². The average molecular weight is 248 g/mol. The van der Waals surface area contributed by atoms with Crippen molar-refractivity contribution in [2.45, 2.75) is 40.7 Å². The first-order chi connectivity index (χ1) is 8.51. The summed E-state index contributed by atoms with van der Waals surface area (Å²) in [7, 11) is 0. The molecule has 0 saturated heterocycles. The van der Waals surface area contributed by atoms with Gasteiger partial charge in [-0.1, -0.05) is 43.2 Å². The first-order valence-corrected chi connectivity index (χ1v) is 7.01. The van der Waals surface area contributed by atoms with Crippen LogP contribution in [-0.2, 0) is 6.54 Å². The molecule has 1 aromatic rings. The Hall–Kier alpha value is -0.860. The van der Waals surface area contributed by atoms with Crippen LogP contribution >= 0.6 is 0 Å². The Morgan fingerprint density at radius 1 is 1.11 bits per heavy atom. The molecule has 0 atom stereocenters. The molecule has 2 nitrogen and oxygen atoms in total. The lowest BCUT2D eigenvalue weighted by Gasteiger charge is -2.24. The van der Waals surface area contributed by atoms with Gasteiger partial charge in [0.2, 0.25) is 0 Å². The van der Waals surface area contributed by atoms with Gasteiger partial charge in [-0.2, -0.15) is 0 Å². The van der Waals surface area contributed by atoms with Crippen LogP contribution in [0.4, 0.5) is 0 Å². The van der Waals surface area contributed by atoms with E-state index >= 15 is 0 Å². The minimum Gasteiger partial charge on any atom is -0.330 e. The van der Waals surface area contributed by atoms with Crippen LogP contribution in [0.15, 0.2) is 18.2 Å². The summed E-state index contributed by atoms with van der Waals surface area (Å²) in [6, 6.07) is 6.82. The maximum atomic E-state index is 5.62. The standard InChI is InChI=1S/C16H28N2/c1-13(2)11-18(7-5-6-17)12-16-9-14(3)8-15(4)10-16/h8-10,13H,5-7,11-12,17H2,1-4H3. The zero-order valence-corrected chi connectivity index (χ0v) is 12.4. The molecule has 0 spiro atoms. The Balaban J connectivity index is 2.68. The number of nitrogens with zero attached hydrogens (tertiary/aromatic N) is 1. The van der Waals surface area contributed by atoms with E-state index in [4.69, 9.17) is 5.73 Å². The fourth-order valence-corrected chi connectivity index (χ4v) is 2.48. The second-order valence-corrected chi connectivity index (χ2v) is 5.77. The van der Waals surface area contributed by atoms with Gasteiger partial charge in [0, 0.05) is 13.1 Å². The summed E-state index contributed by atoms with van der Waals surface area (Å²) in [5.41, 5.74) is 9.75. The first-order valence-electron chi connectivity index (χ1n) is 7.01. The summed E-state index contributed by atoms with van der Waals surface area (Å²) in [4.78, 5) is 2.52. The summed E-state index contributed by atoms with van der Waals surface area (Å²) in [5.74, 6) is 0.702. The van der Waals surface area contributed by atoms with Gasteiger partial charge in [-0.05, 0) is 44.8 Å². The van der Waals surface area contributed by atoms with Crippen LogP contribution in [0, 0.1) is 19.8 Å². The fraction of sp³-hybridized carbons (Fsp3) is 0.625. The van der Waals surface area contributed by atoms with Crippen LogP contribution in [-0.4, -0.2) is 24.5 Å². The zero-order valence-electron chi connectivity index (χ0n) is 12.4. The van der Waals surface area contributed by atoms with E-state index in [1.54, 1.807) is 0 Å². The molecule has 0 aliphatic carbocycles. The van der Waals surface area contributed by atoms with Crippen LogP contribution < -0.4 is 5.73 Å². The molecule has 2 N–H and O–H groups in total. The average Bonchev–Trinajstić information content (AvgIpc) is 2.23. The van der Waals surface area contributed by atoms with Crippen LogP contribution in [0.2, 0.25) is 0 Å². The van der Waals surface area contributed by atoms with E-state index in [-0.39, 0.29) is 0 Å². The molecule has 0 fully saturated rings. The molecule has 0 amide bonds. The third-order valence-electron chi connectivity index (χ3n) is 2.99. The van der Waals surface area contributed by atoms with E-state index in [2.05, 4.69) is 50.8 Å². The fourth-order valence-electron chi connectivity index (χ4n) is 2.48. The summed E-state index contributed by atoms with van der Waals surface area (Å²) in [6.07, 6.45) is 1.08. The second kappa shape index (κ2) is 7.55. The summed E-state index contributed by atoms with van der Waals surface area (Å²) in [6.45, 7) is 13.0. The van der Waals surface area contributed by atoms with Crippen LogP contribution in [0.5, 0.6) is 0 Å². The third kappa shape index (κ3) is 5.65. The quantitative estimate of drug-likeness (QED) is 0.803. The van der Waals surface area contributed by atoms with E-state index in [1.807, 2.05) is 0 Å². The second-order valence-electron chi connectivity index (χ2n) is 5.77. The van der Waals surface area contributed by atoms with E-state index in [0.29, 0.717) is 5.92 Å². The summed E-state index contributed by atoms with van der Waals surface area (Å²) >= 11 is 0. The van der Waals surface area contributed by atoms with Gasteiger partial charge in [0.25, 0.3) is 0 Å². The molecule has 0 aromatic heterocycles. The molecule has 0 heterocycles. The predicted octanol–water partition coefficient (Wildman–Crippen LogP) is 3.11. The molecule has 1 rings (SSSR count). The molecule has 0 unspecified atom stereocenters. The highest BCUT2D eigenvalue weighted by molar-refractivity contribution is 5.28. The highest BCUT2D eigenvalue weighted by atomic mass is 15.1. The Morgan fingerprint density at radius 2 is 1.72 bits per heavy atom. The largest absolute Gasteiger partial charge is 0.330 e. The van der Waals surface area contributed by atoms with Gasteiger partial charge in [-0.3, -0.25) is 4.90 Å². The van der Waals surface area contributed by atoms with Crippen molar-refractivity contribution < 1.29 is 0 Å². The number of nitrogens with two attached hydrogens (primary N) is 1. The first kappa shape index (κ1) is 15.2. The van der Waals surface area contributed by atoms with Crippen LogP contribution in [0.3, 0.4) is 0 Å². The van der Waals surface area contributed by atoms with Crippen LogP contribution in [0.25, 0.3) is 0 Å². The van der Waals surface area contributed by atoms with Crippen molar-refractivity contribution in [2.75, 3.05) is 19.6 Å². The highest BCUT2D eigenvalue weighted by Gasteiger charge is 2.08. The van der Waals surface area contributed by atoms with Gasteiger partial charge in [-0.15, -0.1) is 0 Å². The summed E-state index contributed by atoms with van der Waals surface area (Å²) < 4.78 is 0. The molecule has 18 heavy (non-hydrogen) atoms. The lowest BCUT2D eigenvalue weighted by molar-refractivity contribution is 0.234. The number of rotatable bonds is 7. The molecule has 1 aromatic carbocycles. The van der Waals surface area contributed by atoms with Crippen molar-refractivity contribution >= 4 is 0 Å². The highest BCUT2D eigenvalue weighted by Crippen LogP contribution is 2.12. The van der Waals surface area contributed by atoms with Crippen molar-refractivity contribution in [3.8, 4) is 0 Å². The number of hydrogen-bond acceptors (Lipinski definition) is 2. The van der Waals surface area contributed by atoms with E-state index in [0.717, 1.165) is 32.6 Å². The van der Waals surface area contributed by atoms with Gasteiger partial charge < -0.3 is 5.73 Å². The minimum atomic E-state index is 0.702. The molecule has 2 heteroatoms. The van der Waals surface area contributed by atoms with Gasteiger partial charge in [0.15, 0.2) is 0 Å². The van der Waals surface area contributed by atoms with Crippen molar-refractivity contribution in [3.63, 3.8) is 0 Å². The van der Waals surface area contributed by atoms with Crippen molar-refractivity contribution in [2.24, 2.45) is 11.7 Å². The van der Waals surface area contributed by atoms with Gasteiger partial charge >= 0.3 is 0 Å². The monoisotopic (exact) mass is 248 g/mol. The molecule has 102 valence electrons. The Labute approximate surface area is 112 Å². The SMILES string of the molecule is Cc1cc(C)cc(CN(CCCN)CC(C)C)c1. The van der Waals surface area contributed by atoms with Crippen molar-refractivity contribution in [3.05, 3.63) is 34.9 Å². The third-order valence-corrected chi connectivity index (χ3v) is 2.99. The van der Waals surface area contributed by atoms with Gasteiger partial charge in [0.05, 0.1) is 0 Å². The van der Waals surface area contributed by atoms with Gasteiger partial charge in [-0.25, -0.2) is 0 Å². The van der Waals surface area contributed by atoms with Crippen LogP contribution in [0.1, 0.15) is 37.0 Å². The molecular formula is C16H28N2. The lowest BCUT2D eigenvalue weighted by Crippen LogP contribution is -2.29. The number of benzene rings is 1. The summed E-state index contributed by atoms with van der Waals surface area (Å²) in [5, 5.41) is 0. The smallest absolute Gasteiger partial charge is 0.0234 e. The molecular weight excluding hydrogens is 220 g/mol. The molecule has 0 aliphatic heterocycles. The normalized spacial score (nSPS) is 11.5. The Kier molecular flexibility index (Phi) is 6.37. The lowest BCUT2D eigenvalue weighted by atomic mass is 10.1. The number of aryl methyl sites for hydroxylation is 2. The van der Waals surface area contributed by atoms with E-state index in [9.17, 15) is 0 Å². The zero-order chi connectivity index (χ0) is 13.5. The minimum absolute atomic E-state index is 0.702. The Bertz CT molecular complexity index is 338. The van der Waals surface area contributed by atoms with Gasteiger partial charge in [0.1, 0.15) is 0 Å². The topological polar surface area (TPSA) is 29.3 Å². The predicted molar refractivity (Wildman–Crippen MR) is 79.7 cm³/mol. The molecule has 0 saturated carbocycles. The Morgan fingerprint density at radius 3 is 2.22 bits per heavy atom. The van der Waals surface area contributed by atoms with Crippen molar-refractivity contribution in [1.29, 1.82) is 0 Å².